The van der Waals surface area contributed by atoms with Crippen LogP contribution in [0.5, 0.6) is 0 Å². The number of sulfone groups is 1. The average Bonchev–Trinajstić information content (AvgIpc) is 2.85. The number of hydrogen-bond acceptors (Lipinski definition) is 4. The lowest BCUT2D eigenvalue weighted by Gasteiger charge is -2.24. The summed E-state index contributed by atoms with van der Waals surface area (Å²) in [5.41, 5.74) is -2.61. The molecule has 1 heterocycles. The fraction of sp³-hybridized carbons (Fsp3) is 0.500. The van der Waals surface area contributed by atoms with Crippen LogP contribution in [0.3, 0.4) is 0 Å². The molecule has 0 bridgehead atoms. The van der Waals surface area contributed by atoms with Gasteiger partial charge in [-0.25, -0.2) is 8.42 Å². The Morgan fingerprint density at radius 3 is 2.35 bits per heavy atom. The molecule has 6 nitrogen and oxygen atoms in total. The number of amides is 2. The maximum absolute atomic E-state index is 12.7. The topological polar surface area (TPSA) is 92.3 Å². The molecular formula is C16H19F3N2O4S. The fourth-order valence-corrected chi connectivity index (χ4v) is 4.11. The van der Waals surface area contributed by atoms with Gasteiger partial charge in [-0.2, -0.15) is 13.2 Å². The maximum Gasteiger partial charge on any atom is 0.416 e. The van der Waals surface area contributed by atoms with Crippen LogP contribution >= 0.6 is 0 Å². The van der Waals surface area contributed by atoms with E-state index in [2.05, 4.69) is 10.6 Å². The van der Waals surface area contributed by atoms with Crippen molar-refractivity contribution >= 4 is 27.3 Å². The number of carbonyl (C=O) groups excluding carboxylic acids is 2. The first-order valence-corrected chi connectivity index (χ1v) is 9.63. The summed E-state index contributed by atoms with van der Waals surface area (Å²) in [6.45, 7) is 2.63. The minimum atomic E-state index is -4.55. The third kappa shape index (κ3) is 4.75. The smallest absolute Gasteiger partial charge is 0.351 e. The highest BCUT2D eigenvalue weighted by molar-refractivity contribution is 7.91. The lowest BCUT2D eigenvalue weighted by Crippen LogP contribution is -2.48. The molecule has 1 unspecified atom stereocenters. The fourth-order valence-electron chi connectivity index (χ4n) is 2.44. The molecule has 1 aliphatic heterocycles. The number of alkyl halides is 3. The van der Waals surface area contributed by atoms with Gasteiger partial charge in [0.05, 0.1) is 17.1 Å². The lowest BCUT2D eigenvalue weighted by atomic mass is 9.90. The van der Waals surface area contributed by atoms with Crippen LogP contribution in [0.15, 0.2) is 24.3 Å². The molecule has 1 aliphatic rings. The summed E-state index contributed by atoms with van der Waals surface area (Å²) in [6, 6.07) is 3.50. The molecule has 144 valence electrons. The van der Waals surface area contributed by atoms with Crippen LogP contribution in [0.1, 0.15) is 25.8 Å². The molecule has 1 fully saturated rings. The summed E-state index contributed by atoms with van der Waals surface area (Å²) in [4.78, 5) is 24.7. The largest absolute Gasteiger partial charge is 0.416 e. The van der Waals surface area contributed by atoms with Crippen molar-refractivity contribution in [3.05, 3.63) is 29.8 Å². The summed E-state index contributed by atoms with van der Waals surface area (Å²) in [7, 11) is -3.20. The summed E-state index contributed by atoms with van der Waals surface area (Å²) < 4.78 is 61.1. The van der Waals surface area contributed by atoms with Crippen LogP contribution in [-0.4, -0.2) is 37.8 Å². The van der Waals surface area contributed by atoms with Crippen LogP contribution in [0.25, 0.3) is 0 Å². The third-order valence-electron chi connectivity index (χ3n) is 4.15. The molecule has 2 amide bonds. The van der Waals surface area contributed by atoms with E-state index in [4.69, 9.17) is 0 Å². The third-order valence-corrected chi connectivity index (χ3v) is 5.92. The zero-order chi connectivity index (χ0) is 19.8. The van der Waals surface area contributed by atoms with Crippen LogP contribution in [0.4, 0.5) is 18.9 Å². The number of halogens is 3. The van der Waals surface area contributed by atoms with Gasteiger partial charge in [0.15, 0.2) is 9.84 Å². The van der Waals surface area contributed by atoms with Crippen molar-refractivity contribution in [1.82, 2.24) is 5.32 Å². The van der Waals surface area contributed by atoms with E-state index in [1.807, 2.05) is 0 Å². The molecule has 0 saturated carbocycles. The van der Waals surface area contributed by atoms with Gasteiger partial charge in [-0.05, 0) is 38.5 Å². The van der Waals surface area contributed by atoms with Gasteiger partial charge in [-0.1, -0.05) is 6.07 Å². The van der Waals surface area contributed by atoms with E-state index in [1.54, 1.807) is 0 Å². The highest BCUT2D eigenvalue weighted by Crippen LogP contribution is 2.31. The molecule has 1 atom stereocenters. The van der Waals surface area contributed by atoms with E-state index in [0.29, 0.717) is 0 Å². The van der Waals surface area contributed by atoms with Gasteiger partial charge < -0.3 is 10.6 Å². The van der Waals surface area contributed by atoms with E-state index in [-0.39, 0.29) is 23.6 Å². The first-order chi connectivity index (χ1) is 11.8. The molecule has 10 heteroatoms. The Labute approximate surface area is 149 Å². The predicted molar refractivity (Wildman–Crippen MR) is 89.1 cm³/mol. The van der Waals surface area contributed by atoms with E-state index in [1.165, 1.54) is 19.9 Å². The highest BCUT2D eigenvalue weighted by Gasteiger charge is 2.39. The normalized spacial score (nSPS) is 19.8. The number of carbonyl (C=O) groups is 2. The van der Waals surface area contributed by atoms with Crippen molar-refractivity contribution in [3.8, 4) is 0 Å². The van der Waals surface area contributed by atoms with Crippen LogP contribution in [-0.2, 0) is 25.6 Å². The van der Waals surface area contributed by atoms with Crippen LogP contribution < -0.4 is 10.6 Å². The second-order valence-corrected chi connectivity index (χ2v) is 8.96. The average molecular weight is 392 g/mol. The molecule has 1 aromatic rings. The zero-order valence-electron chi connectivity index (χ0n) is 14.2. The summed E-state index contributed by atoms with van der Waals surface area (Å²) in [5.74, 6) is -1.71. The van der Waals surface area contributed by atoms with Crippen molar-refractivity contribution in [2.75, 3.05) is 16.8 Å². The van der Waals surface area contributed by atoms with E-state index in [0.717, 1.165) is 18.2 Å². The Kier molecular flexibility index (Phi) is 5.36. The van der Waals surface area contributed by atoms with Crippen LogP contribution in [0, 0.1) is 5.41 Å². The minimum absolute atomic E-state index is 0.0329. The number of nitrogens with one attached hydrogen (secondary N) is 2. The number of benzene rings is 1. The standard InChI is InChI=1S/C16H19F3N2O4S/c1-15(2,14(23)21-12-6-7-26(24,25)9-12)13(22)20-11-5-3-4-10(8-11)16(17,18)19/h3-5,8,12H,6-7,9H2,1-2H3,(H,20,22)(H,21,23). The van der Waals surface area contributed by atoms with Gasteiger partial charge in [0.25, 0.3) is 0 Å². The molecule has 0 radical (unpaired) electrons. The summed E-state index contributed by atoms with van der Waals surface area (Å²) in [5, 5.41) is 4.82. The van der Waals surface area contributed by atoms with Crippen molar-refractivity contribution in [1.29, 1.82) is 0 Å². The molecule has 0 aliphatic carbocycles. The SMILES string of the molecule is CC(C)(C(=O)Nc1cccc(C(F)(F)F)c1)C(=O)NC1CCS(=O)(=O)C1. The zero-order valence-corrected chi connectivity index (χ0v) is 15.0. The van der Waals surface area contributed by atoms with Crippen LogP contribution in [0.2, 0.25) is 0 Å². The van der Waals surface area contributed by atoms with Gasteiger partial charge in [0.2, 0.25) is 11.8 Å². The Hall–Kier alpha value is -2.10. The second-order valence-electron chi connectivity index (χ2n) is 6.73. The monoisotopic (exact) mass is 392 g/mol. The molecule has 0 aromatic heterocycles. The number of anilines is 1. The van der Waals surface area contributed by atoms with Gasteiger partial charge in [-0.3, -0.25) is 9.59 Å². The predicted octanol–water partition coefficient (Wildman–Crippen LogP) is 1.97. The Morgan fingerprint density at radius 2 is 1.81 bits per heavy atom. The summed E-state index contributed by atoms with van der Waals surface area (Å²) in [6.07, 6.45) is -4.29. The molecular weight excluding hydrogens is 373 g/mol. The van der Waals surface area contributed by atoms with Gasteiger partial charge in [0, 0.05) is 11.7 Å². The Morgan fingerprint density at radius 1 is 1.15 bits per heavy atom. The Bertz CT molecular complexity index is 819. The molecule has 0 spiro atoms. The van der Waals surface area contributed by atoms with Gasteiger partial charge >= 0.3 is 6.18 Å². The van der Waals surface area contributed by atoms with E-state index >= 15 is 0 Å². The van der Waals surface area contributed by atoms with Crippen molar-refractivity contribution in [2.45, 2.75) is 32.5 Å². The molecule has 26 heavy (non-hydrogen) atoms. The van der Waals surface area contributed by atoms with E-state index in [9.17, 15) is 31.2 Å². The maximum atomic E-state index is 12.7. The summed E-state index contributed by atoms with van der Waals surface area (Å²) >= 11 is 0. The second kappa shape index (κ2) is 6.90. The molecule has 2 N–H and O–H groups in total. The Balaban J connectivity index is 2.06. The van der Waals surface area contributed by atoms with E-state index < -0.39 is 44.8 Å². The minimum Gasteiger partial charge on any atom is -0.351 e. The lowest BCUT2D eigenvalue weighted by molar-refractivity contribution is -0.139. The van der Waals surface area contributed by atoms with Crippen molar-refractivity contribution in [3.63, 3.8) is 0 Å². The quantitative estimate of drug-likeness (QED) is 0.767. The van der Waals surface area contributed by atoms with Gasteiger partial charge in [-0.15, -0.1) is 0 Å². The first kappa shape index (κ1) is 20.2. The highest BCUT2D eigenvalue weighted by atomic mass is 32.2. The molecule has 1 aromatic carbocycles. The van der Waals surface area contributed by atoms with Crippen molar-refractivity contribution < 1.29 is 31.2 Å². The first-order valence-electron chi connectivity index (χ1n) is 7.81. The van der Waals surface area contributed by atoms with Gasteiger partial charge in [0.1, 0.15) is 5.41 Å². The van der Waals surface area contributed by atoms with Crippen molar-refractivity contribution in [2.24, 2.45) is 5.41 Å². The number of hydrogen-bond donors (Lipinski definition) is 2. The molecule has 2 rings (SSSR count). The molecule has 1 saturated heterocycles. The number of rotatable bonds is 4.